The maximum Gasteiger partial charge on any atom is 0.152 e. The SMILES string of the molecule is O=Cc1cn(Br)c2cc(F)cc(F)c12. The third kappa shape index (κ3) is 1.24. The summed E-state index contributed by atoms with van der Waals surface area (Å²) in [6, 6.07) is 1.91. The van der Waals surface area contributed by atoms with Crippen LogP contribution in [0.15, 0.2) is 18.3 Å². The molecule has 0 fully saturated rings. The lowest BCUT2D eigenvalue weighted by atomic mass is 10.2. The van der Waals surface area contributed by atoms with E-state index in [1.807, 2.05) is 0 Å². The Balaban J connectivity index is 2.96. The van der Waals surface area contributed by atoms with Gasteiger partial charge in [0.05, 0.1) is 21.7 Å². The molecule has 0 unspecified atom stereocenters. The van der Waals surface area contributed by atoms with E-state index in [2.05, 4.69) is 16.1 Å². The summed E-state index contributed by atoms with van der Waals surface area (Å²) in [7, 11) is 0. The molecule has 1 aromatic carbocycles. The van der Waals surface area contributed by atoms with E-state index in [0.717, 1.165) is 12.1 Å². The summed E-state index contributed by atoms with van der Waals surface area (Å²) in [5.74, 6) is -1.41. The summed E-state index contributed by atoms with van der Waals surface area (Å²) in [5, 5.41) is 0.123. The molecule has 0 aliphatic rings. The molecule has 0 aliphatic heterocycles. The van der Waals surface area contributed by atoms with Crippen LogP contribution in [0.1, 0.15) is 10.4 Å². The normalized spacial score (nSPS) is 10.8. The number of carbonyl (C=O) groups is 1. The lowest BCUT2D eigenvalue weighted by molar-refractivity contribution is 0.112. The van der Waals surface area contributed by atoms with Crippen LogP contribution in [0.5, 0.6) is 0 Å². The van der Waals surface area contributed by atoms with Gasteiger partial charge in [-0.05, 0) is 6.07 Å². The van der Waals surface area contributed by atoms with Crippen LogP contribution in [0.4, 0.5) is 8.78 Å². The molecule has 0 saturated heterocycles. The van der Waals surface area contributed by atoms with Gasteiger partial charge in [-0.1, -0.05) is 0 Å². The van der Waals surface area contributed by atoms with Crippen molar-refractivity contribution in [1.29, 1.82) is 0 Å². The summed E-state index contributed by atoms with van der Waals surface area (Å²) in [5.41, 5.74) is 0.485. The fourth-order valence-electron chi connectivity index (χ4n) is 1.36. The van der Waals surface area contributed by atoms with E-state index < -0.39 is 11.6 Å². The predicted octanol–water partition coefficient (Wildman–Crippen LogP) is 2.89. The molecule has 0 spiro atoms. The van der Waals surface area contributed by atoms with E-state index in [-0.39, 0.29) is 10.9 Å². The summed E-state index contributed by atoms with van der Waals surface area (Å²) in [6.45, 7) is 0. The lowest BCUT2D eigenvalue weighted by Crippen LogP contribution is -1.84. The molecule has 2 nitrogen and oxygen atoms in total. The Morgan fingerprint density at radius 2 is 2.07 bits per heavy atom. The summed E-state index contributed by atoms with van der Waals surface area (Å²) in [4.78, 5) is 10.6. The van der Waals surface area contributed by atoms with Crippen molar-refractivity contribution >= 4 is 33.3 Å². The summed E-state index contributed by atoms with van der Waals surface area (Å²) in [6.07, 6.45) is 1.92. The number of benzene rings is 1. The second-order valence-electron chi connectivity index (χ2n) is 2.80. The molecule has 0 aliphatic carbocycles. The number of aromatic nitrogens is 1. The first kappa shape index (κ1) is 9.33. The Morgan fingerprint density at radius 1 is 1.36 bits per heavy atom. The van der Waals surface area contributed by atoms with Gasteiger partial charge in [-0.3, -0.25) is 8.39 Å². The van der Waals surface area contributed by atoms with Crippen LogP contribution in [-0.2, 0) is 0 Å². The highest BCUT2D eigenvalue weighted by Crippen LogP contribution is 2.25. The van der Waals surface area contributed by atoms with Crippen molar-refractivity contribution in [2.24, 2.45) is 0 Å². The zero-order valence-corrected chi connectivity index (χ0v) is 8.38. The molecule has 5 heteroatoms. The minimum Gasteiger partial charge on any atom is -0.298 e. The summed E-state index contributed by atoms with van der Waals surface area (Å²) < 4.78 is 27.4. The number of hydrogen-bond donors (Lipinski definition) is 0. The minimum atomic E-state index is -0.736. The molecule has 0 atom stereocenters. The molecule has 14 heavy (non-hydrogen) atoms. The molecule has 2 rings (SSSR count). The Labute approximate surface area is 86.5 Å². The van der Waals surface area contributed by atoms with Gasteiger partial charge in [0.2, 0.25) is 0 Å². The van der Waals surface area contributed by atoms with Crippen LogP contribution in [0.3, 0.4) is 0 Å². The van der Waals surface area contributed by atoms with E-state index in [0.29, 0.717) is 11.8 Å². The first-order valence-corrected chi connectivity index (χ1v) is 4.46. The van der Waals surface area contributed by atoms with Crippen LogP contribution in [0.2, 0.25) is 0 Å². The van der Waals surface area contributed by atoms with Crippen molar-refractivity contribution in [1.82, 2.24) is 3.59 Å². The first-order chi connectivity index (χ1) is 6.63. The van der Waals surface area contributed by atoms with Crippen LogP contribution >= 0.6 is 16.1 Å². The van der Waals surface area contributed by atoms with Gasteiger partial charge in [0.25, 0.3) is 0 Å². The Kier molecular flexibility index (Phi) is 2.11. The van der Waals surface area contributed by atoms with Crippen molar-refractivity contribution in [2.75, 3.05) is 0 Å². The number of hydrogen-bond acceptors (Lipinski definition) is 1. The first-order valence-electron chi connectivity index (χ1n) is 3.75. The monoisotopic (exact) mass is 259 g/mol. The lowest BCUT2D eigenvalue weighted by Gasteiger charge is -1.96. The zero-order valence-electron chi connectivity index (χ0n) is 6.80. The van der Waals surface area contributed by atoms with Crippen LogP contribution in [0, 0.1) is 11.6 Å². The number of aldehydes is 1. The third-order valence-electron chi connectivity index (χ3n) is 1.93. The number of rotatable bonds is 1. The molecule has 2 aromatic rings. The van der Waals surface area contributed by atoms with E-state index >= 15 is 0 Å². The van der Waals surface area contributed by atoms with Crippen molar-refractivity contribution in [3.05, 3.63) is 35.5 Å². The molecule has 0 N–H and O–H groups in total. The van der Waals surface area contributed by atoms with Gasteiger partial charge in [0.1, 0.15) is 11.6 Å². The molecule has 0 amide bonds. The third-order valence-corrected chi connectivity index (χ3v) is 2.52. The second kappa shape index (κ2) is 3.16. The average molecular weight is 260 g/mol. The topological polar surface area (TPSA) is 22.0 Å². The van der Waals surface area contributed by atoms with Gasteiger partial charge < -0.3 is 0 Å². The van der Waals surface area contributed by atoms with E-state index in [4.69, 9.17) is 0 Å². The van der Waals surface area contributed by atoms with Crippen molar-refractivity contribution in [3.63, 3.8) is 0 Å². The van der Waals surface area contributed by atoms with E-state index in [1.165, 1.54) is 9.79 Å². The van der Waals surface area contributed by atoms with Gasteiger partial charge in [0.15, 0.2) is 6.29 Å². The Morgan fingerprint density at radius 3 is 2.71 bits per heavy atom. The van der Waals surface area contributed by atoms with Crippen LogP contribution in [-0.4, -0.2) is 9.88 Å². The van der Waals surface area contributed by atoms with Gasteiger partial charge in [0, 0.05) is 23.2 Å². The molecular formula is C9H4BrF2NO. The molecule has 0 saturated carbocycles. The van der Waals surface area contributed by atoms with E-state index in [9.17, 15) is 13.6 Å². The highest BCUT2D eigenvalue weighted by atomic mass is 79.9. The fraction of sp³-hybridized carbons (Fsp3) is 0. The molecule has 1 heterocycles. The number of fused-ring (bicyclic) bond motifs is 1. The molecule has 72 valence electrons. The largest absolute Gasteiger partial charge is 0.298 e. The molecule has 0 bridgehead atoms. The standard InChI is InChI=1S/C9H4BrF2NO/c10-13-3-5(4-14)9-7(12)1-6(11)2-8(9)13/h1-4H. The zero-order chi connectivity index (χ0) is 10.3. The quantitative estimate of drug-likeness (QED) is 0.722. The Hall–Kier alpha value is -1.23. The predicted molar refractivity (Wildman–Crippen MR) is 51.6 cm³/mol. The van der Waals surface area contributed by atoms with Crippen molar-refractivity contribution in [3.8, 4) is 0 Å². The number of carbonyl (C=O) groups excluding carboxylic acids is 1. The number of nitrogens with zero attached hydrogens (tertiary/aromatic N) is 1. The molecular weight excluding hydrogens is 256 g/mol. The second-order valence-corrected chi connectivity index (χ2v) is 3.56. The van der Waals surface area contributed by atoms with Crippen molar-refractivity contribution < 1.29 is 13.6 Å². The maximum absolute atomic E-state index is 13.3. The van der Waals surface area contributed by atoms with Crippen LogP contribution in [0.25, 0.3) is 10.9 Å². The van der Waals surface area contributed by atoms with Gasteiger partial charge in [-0.15, -0.1) is 0 Å². The van der Waals surface area contributed by atoms with Gasteiger partial charge in [-0.25, -0.2) is 8.78 Å². The van der Waals surface area contributed by atoms with Crippen molar-refractivity contribution in [2.45, 2.75) is 0 Å². The summed E-state index contributed by atoms with van der Waals surface area (Å²) >= 11 is 3.05. The average Bonchev–Trinajstić information content (AvgIpc) is 2.43. The highest BCUT2D eigenvalue weighted by Gasteiger charge is 2.12. The smallest absolute Gasteiger partial charge is 0.152 e. The molecule has 0 radical (unpaired) electrons. The minimum absolute atomic E-state index is 0.123. The van der Waals surface area contributed by atoms with Gasteiger partial charge >= 0.3 is 0 Å². The molecule has 1 aromatic heterocycles. The van der Waals surface area contributed by atoms with E-state index in [1.54, 1.807) is 0 Å². The van der Waals surface area contributed by atoms with Gasteiger partial charge in [-0.2, -0.15) is 0 Å². The Bertz CT molecular complexity index is 521. The fourth-order valence-corrected chi connectivity index (χ4v) is 1.86. The number of halogens is 3. The van der Waals surface area contributed by atoms with Crippen LogP contribution < -0.4 is 0 Å². The highest BCUT2D eigenvalue weighted by molar-refractivity contribution is 9.08. The maximum atomic E-state index is 13.3.